The molecule has 2 aromatic carbocycles. The van der Waals surface area contributed by atoms with E-state index in [0.29, 0.717) is 22.6 Å². The summed E-state index contributed by atoms with van der Waals surface area (Å²) in [7, 11) is -0.144. The lowest BCUT2D eigenvalue weighted by molar-refractivity contribution is 0.103. The summed E-state index contributed by atoms with van der Waals surface area (Å²) in [5.41, 5.74) is 3.20. The molecule has 30 heavy (non-hydrogen) atoms. The summed E-state index contributed by atoms with van der Waals surface area (Å²) in [6, 6.07) is 12.9. The van der Waals surface area contributed by atoms with E-state index in [4.69, 9.17) is 4.74 Å². The van der Waals surface area contributed by atoms with Gasteiger partial charge in [0.2, 0.25) is 15.8 Å². The van der Waals surface area contributed by atoms with Crippen LogP contribution in [0.3, 0.4) is 0 Å². The fraction of sp³-hybridized carbons (Fsp3) is 0.227. The number of ketones is 1. The molecule has 1 aromatic heterocycles. The molecule has 0 aliphatic carbocycles. The summed E-state index contributed by atoms with van der Waals surface area (Å²) in [6.07, 6.45) is 1.27. The molecular formula is C22H23FN2O4S. The first kappa shape index (κ1) is 21.6. The number of hydrogen-bond donors (Lipinski definition) is 1. The quantitative estimate of drug-likeness (QED) is 0.580. The number of aromatic nitrogens is 1. The van der Waals surface area contributed by atoms with Gasteiger partial charge in [0, 0.05) is 24.7 Å². The number of aryl methyl sites for hydroxylation is 1. The van der Waals surface area contributed by atoms with Gasteiger partial charge >= 0.3 is 0 Å². The van der Waals surface area contributed by atoms with Crippen LogP contribution in [0.5, 0.6) is 5.75 Å². The number of hydrogen-bond acceptors (Lipinski definition) is 4. The number of nitrogens with one attached hydrogen (secondary N) is 1. The van der Waals surface area contributed by atoms with E-state index >= 15 is 0 Å². The molecule has 1 heterocycles. The van der Waals surface area contributed by atoms with Crippen LogP contribution in [-0.2, 0) is 23.5 Å². The number of nitrogens with zero attached hydrogens (tertiary/aromatic N) is 1. The second-order valence-electron chi connectivity index (χ2n) is 7.14. The first-order valence-electron chi connectivity index (χ1n) is 9.19. The summed E-state index contributed by atoms with van der Waals surface area (Å²) in [5.74, 6) is 0.0164. The maximum atomic E-state index is 14.5. The predicted molar refractivity (Wildman–Crippen MR) is 114 cm³/mol. The van der Waals surface area contributed by atoms with Crippen LogP contribution in [0.25, 0.3) is 0 Å². The summed E-state index contributed by atoms with van der Waals surface area (Å²) in [6.45, 7) is 1.84. The van der Waals surface area contributed by atoms with Crippen molar-refractivity contribution >= 4 is 21.5 Å². The third kappa shape index (κ3) is 4.71. The third-order valence-corrected chi connectivity index (χ3v) is 5.42. The number of halogens is 1. The zero-order valence-electron chi connectivity index (χ0n) is 17.2. The molecule has 3 rings (SSSR count). The Hall–Kier alpha value is -3.13. The smallest absolute Gasteiger partial charge is 0.229 e. The number of carbonyl (C=O) groups excluding carboxylic acids is 1. The minimum absolute atomic E-state index is 0.128. The van der Waals surface area contributed by atoms with Crippen LogP contribution in [0.1, 0.15) is 32.9 Å². The number of carbonyl (C=O) groups is 1. The minimum atomic E-state index is -3.48. The van der Waals surface area contributed by atoms with E-state index in [1.54, 1.807) is 43.0 Å². The van der Waals surface area contributed by atoms with Crippen molar-refractivity contribution in [1.29, 1.82) is 0 Å². The molecule has 1 N–H and O–H groups in total. The van der Waals surface area contributed by atoms with Gasteiger partial charge in [-0.2, -0.15) is 0 Å². The highest BCUT2D eigenvalue weighted by atomic mass is 32.2. The van der Waals surface area contributed by atoms with Gasteiger partial charge in [0.05, 0.1) is 24.7 Å². The Kier molecular flexibility index (Phi) is 5.98. The summed E-state index contributed by atoms with van der Waals surface area (Å²) < 4.78 is 46.3. The second-order valence-corrected chi connectivity index (χ2v) is 8.89. The molecule has 158 valence electrons. The molecule has 3 aromatic rings. The largest absolute Gasteiger partial charge is 0.497 e. The molecule has 0 fully saturated rings. The first-order valence-corrected chi connectivity index (χ1v) is 11.1. The molecule has 0 saturated carbocycles. The lowest BCUT2D eigenvalue weighted by Crippen LogP contribution is -2.11. The van der Waals surface area contributed by atoms with Crippen LogP contribution in [0.15, 0.2) is 48.5 Å². The van der Waals surface area contributed by atoms with E-state index in [2.05, 4.69) is 4.72 Å². The van der Waals surface area contributed by atoms with Crippen molar-refractivity contribution in [2.75, 3.05) is 18.1 Å². The monoisotopic (exact) mass is 430 g/mol. The van der Waals surface area contributed by atoms with Crippen LogP contribution in [0, 0.1) is 12.7 Å². The molecular weight excluding hydrogens is 407 g/mol. The Morgan fingerprint density at radius 2 is 1.80 bits per heavy atom. The standard InChI is InChI=1S/C22H23FN2O4S/c1-14-11-18(12-16-5-8-17(13-20(16)23)24-30(4,27)28)25(2)21(14)22(26)15-6-9-19(29-3)10-7-15/h5-11,13,24H,12H2,1-4H3. The first-order chi connectivity index (χ1) is 14.1. The SMILES string of the molecule is COc1ccc(C(=O)c2c(C)cc(Cc3ccc(NS(C)(=O)=O)cc3F)n2C)cc1. The van der Waals surface area contributed by atoms with E-state index in [1.807, 2.05) is 13.0 Å². The molecule has 0 aliphatic heterocycles. The number of sulfonamides is 1. The van der Waals surface area contributed by atoms with Crippen LogP contribution in [0.2, 0.25) is 0 Å². The Morgan fingerprint density at radius 3 is 2.37 bits per heavy atom. The average molecular weight is 431 g/mol. The van der Waals surface area contributed by atoms with Crippen molar-refractivity contribution in [1.82, 2.24) is 4.57 Å². The van der Waals surface area contributed by atoms with Gasteiger partial charge in [0.25, 0.3) is 0 Å². The molecule has 0 unspecified atom stereocenters. The van der Waals surface area contributed by atoms with Gasteiger partial charge in [-0.3, -0.25) is 9.52 Å². The van der Waals surface area contributed by atoms with Gasteiger partial charge in [-0.15, -0.1) is 0 Å². The fourth-order valence-electron chi connectivity index (χ4n) is 3.37. The predicted octanol–water partition coefficient (Wildman–Crippen LogP) is 3.67. The van der Waals surface area contributed by atoms with Crippen molar-refractivity contribution in [3.8, 4) is 5.75 Å². The Bertz CT molecular complexity index is 1200. The normalized spacial score (nSPS) is 11.4. The molecule has 0 amide bonds. The maximum absolute atomic E-state index is 14.5. The Labute approximate surface area is 175 Å². The summed E-state index contributed by atoms with van der Waals surface area (Å²) in [4.78, 5) is 13.0. The molecule has 6 nitrogen and oxygen atoms in total. The molecule has 0 atom stereocenters. The molecule has 0 aliphatic rings. The Balaban J connectivity index is 1.87. The van der Waals surface area contributed by atoms with Gasteiger partial charge in [-0.25, -0.2) is 12.8 Å². The molecule has 0 saturated heterocycles. The van der Waals surface area contributed by atoms with E-state index in [1.165, 1.54) is 12.1 Å². The van der Waals surface area contributed by atoms with E-state index in [9.17, 15) is 17.6 Å². The zero-order valence-corrected chi connectivity index (χ0v) is 18.0. The van der Waals surface area contributed by atoms with Crippen LogP contribution >= 0.6 is 0 Å². The molecule has 0 bridgehead atoms. The zero-order chi connectivity index (χ0) is 22.1. The van der Waals surface area contributed by atoms with E-state index in [0.717, 1.165) is 23.6 Å². The van der Waals surface area contributed by atoms with Crippen LogP contribution in [-0.4, -0.2) is 32.1 Å². The number of benzene rings is 2. The highest BCUT2D eigenvalue weighted by Crippen LogP contribution is 2.24. The van der Waals surface area contributed by atoms with Gasteiger partial charge in [0.1, 0.15) is 11.6 Å². The summed E-state index contributed by atoms with van der Waals surface area (Å²) >= 11 is 0. The minimum Gasteiger partial charge on any atom is -0.497 e. The van der Waals surface area contributed by atoms with Gasteiger partial charge in [0.15, 0.2) is 0 Å². The Morgan fingerprint density at radius 1 is 1.13 bits per heavy atom. The lowest BCUT2D eigenvalue weighted by atomic mass is 10.1. The molecule has 0 spiro atoms. The van der Waals surface area contributed by atoms with Gasteiger partial charge < -0.3 is 9.30 Å². The highest BCUT2D eigenvalue weighted by molar-refractivity contribution is 7.92. The van der Waals surface area contributed by atoms with Crippen molar-refractivity contribution < 1.29 is 22.3 Å². The summed E-state index contributed by atoms with van der Waals surface area (Å²) in [5, 5.41) is 0. The van der Waals surface area contributed by atoms with Crippen molar-refractivity contribution in [2.24, 2.45) is 7.05 Å². The van der Waals surface area contributed by atoms with E-state index in [-0.39, 0.29) is 17.9 Å². The topological polar surface area (TPSA) is 77.4 Å². The second kappa shape index (κ2) is 8.31. The number of rotatable bonds is 7. The number of ether oxygens (including phenoxy) is 1. The van der Waals surface area contributed by atoms with Gasteiger partial charge in [-0.05, 0) is 60.5 Å². The maximum Gasteiger partial charge on any atom is 0.229 e. The highest BCUT2D eigenvalue weighted by Gasteiger charge is 2.19. The lowest BCUT2D eigenvalue weighted by Gasteiger charge is -2.10. The fourth-order valence-corrected chi connectivity index (χ4v) is 3.92. The third-order valence-electron chi connectivity index (χ3n) is 4.82. The van der Waals surface area contributed by atoms with Crippen molar-refractivity contribution in [3.63, 3.8) is 0 Å². The number of methoxy groups -OCH3 is 1. The van der Waals surface area contributed by atoms with Gasteiger partial charge in [-0.1, -0.05) is 6.07 Å². The number of anilines is 1. The average Bonchev–Trinajstić information content (AvgIpc) is 2.95. The van der Waals surface area contributed by atoms with Crippen LogP contribution in [0.4, 0.5) is 10.1 Å². The van der Waals surface area contributed by atoms with Crippen molar-refractivity contribution in [3.05, 3.63) is 82.4 Å². The van der Waals surface area contributed by atoms with E-state index < -0.39 is 15.8 Å². The molecule has 0 radical (unpaired) electrons. The van der Waals surface area contributed by atoms with Crippen LogP contribution < -0.4 is 9.46 Å². The molecule has 8 heteroatoms. The van der Waals surface area contributed by atoms with Crippen molar-refractivity contribution in [2.45, 2.75) is 13.3 Å².